The zero-order valence-electron chi connectivity index (χ0n) is 30.4. The topological polar surface area (TPSA) is 55.9 Å². The third kappa shape index (κ3) is 6.50. The third-order valence-corrected chi connectivity index (χ3v) is 14.6. The summed E-state index contributed by atoms with van der Waals surface area (Å²) in [6.07, 6.45) is 0. The Balaban J connectivity index is 1.14. The molecule has 0 radical (unpaired) electrons. The van der Waals surface area contributed by atoms with Crippen LogP contribution in [0.3, 0.4) is 0 Å². The van der Waals surface area contributed by atoms with Crippen LogP contribution in [0.2, 0.25) is 0 Å². The fourth-order valence-electron chi connectivity index (χ4n) is 7.39. The Morgan fingerprint density at radius 1 is 0.482 bits per heavy atom. The van der Waals surface area contributed by atoms with Gasteiger partial charge in [0, 0.05) is 28.1 Å². The van der Waals surface area contributed by atoms with Crippen LogP contribution in [0.1, 0.15) is 0 Å². The van der Waals surface area contributed by atoms with Crippen molar-refractivity contribution in [2.45, 2.75) is 0 Å². The minimum Gasteiger partial charge on any atom is -0.354 e. The Bertz CT molecular complexity index is 2630. The number of rotatable bonds is 10. The van der Waals surface area contributed by atoms with Crippen molar-refractivity contribution < 1.29 is 9.13 Å². The van der Waals surface area contributed by atoms with Gasteiger partial charge in [-0.25, -0.2) is 0 Å². The van der Waals surface area contributed by atoms with Crippen LogP contribution in [0.15, 0.2) is 218 Å². The van der Waals surface area contributed by atoms with Crippen molar-refractivity contribution in [1.82, 2.24) is 0 Å². The van der Waals surface area contributed by atoms with E-state index < -0.39 is 15.4 Å². The molecule has 0 aromatic heterocycles. The molecular formula is C48H38N4O2P2. The minimum atomic E-state index is -3.58. The monoisotopic (exact) mass is 764 g/mol. The standard InChI is InChI=1S/C48H38N4O2P2/c53-55(50(40-23-7-2-8-24-40)46-32-14-13-31-45(46)49-39-21-5-1-6-22-39)43-29-17-19-37(35-43)38-20-18-30-44(36-38)56(54)51(41-25-9-3-10-26-41)47-33-15-16-34-48(47)52(56)42-27-11-4-12-28-42/h1-36,49,55H. The molecule has 8 aromatic carbocycles. The van der Waals surface area contributed by atoms with Crippen molar-refractivity contribution >= 4 is 71.5 Å². The summed E-state index contributed by atoms with van der Waals surface area (Å²) in [6.45, 7) is 0. The molecule has 56 heavy (non-hydrogen) atoms. The first-order valence-corrected chi connectivity index (χ1v) is 21.5. The first-order chi connectivity index (χ1) is 27.6. The van der Waals surface area contributed by atoms with Crippen molar-refractivity contribution in [3.05, 3.63) is 218 Å². The number of hydrogen-bond donors (Lipinski definition) is 1. The average Bonchev–Trinajstić information content (AvgIpc) is 3.54. The van der Waals surface area contributed by atoms with Crippen molar-refractivity contribution in [3.8, 4) is 11.1 Å². The van der Waals surface area contributed by atoms with E-state index in [1.807, 2.05) is 232 Å². The smallest absolute Gasteiger partial charge is 0.301 e. The fourth-order valence-corrected chi connectivity index (χ4v) is 12.0. The van der Waals surface area contributed by atoms with Crippen LogP contribution in [-0.2, 0) is 9.13 Å². The highest BCUT2D eigenvalue weighted by Crippen LogP contribution is 2.70. The Morgan fingerprint density at radius 3 is 1.61 bits per heavy atom. The van der Waals surface area contributed by atoms with Gasteiger partial charge in [-0.1, -0.05) is 121 Å². The van der Waals surface area contributed by atoms with E-state index in [9.17, 15) is 0 Å². The summed E-state index contributed by atoms with van der Waals surface area (Å²) in [6, 6.07) is 71.7. The molecule has 1 N–H and O–H groups in total. The van der Waals surface area contributed by atoms with Crippen LogP contribution in [0.5, 0.6) is 0 Å². The summed E-state index contributed by atoms with van der Waals surface area (Å²) < 4.78 is 37.2. The van der Waals surface area contributed by atoms with Gasteiger partial charge in [0.1, 0.15) is 0 Å². The fraction of sp³-hybridized carbons (Fsp3) is 0. The molecule has 0 saturated heterocycles. The van der Waals surface area contributed by atoms with Crippen LogP contribution in [-0.4, -0.2) is 0 Å². The molecule has 6 nitrogen and oxygen atoms in total. The van der Waals surface area contributed by atoms with Gasteiger partial charge in [0.2, 0.25) is 0 Å². The average molecular weight is 765 g/mol. The van der Waals surface area contributed by atoms with Crippen LogP contribution in [0, 0.1) is 0 Å². The number of fused-ring (bicyclic) bond motifs is 1. The molecule has 0 fully saturated rings. The molecule has 0 saturated carbocycles. The van der Waals surface area contributed by atoms with Crippen molar-refractivity contribution in [2.24, 2.45) is 0 Å². The number of benzene rings is 8. The Kier molecular flexibility index (Phi) is 9.59. The van der Waals surface area contributed by atoms with Gasteiger partial charge < -0.3 is 5.32 Å². The number of nitrogens with one attached hydrogen (secondary N) is 1. The lowest BCUT2D eigenvalue weighted by atomic mass is 10.1. The summed E-state index contributed by atoms with van der Waals surface area (Å²) in [5.74, 6) is 0. The predicted octanol–water partition coefficient (Wildman–Crippen LogP) is 12.8. The molecule has 0 aliphatic carbocycles. The molecule has 8 heteroatoms. The molecular weight excluding hydrogens is 727 g/mol. The first kappa shape index (κ1) is 35.1. The molecule has 1 heterocycles. The molecule has 0 spiro atoms. The molecule has 1 atom stereocenters. The van der Waals surface area contributed by atoms with Crippen LogP contribution in [0.25, 0.3) is 11.1 Å². The van der Waals surface area contributed by atoms with Gasteiger partial charge in [0.05, 0.1) is 28.1 Å². The Hall–Kier alpha value is -6.58. The van der Waals surface area contributed by atoms with E-state index in [1.165, 1.54) is 0 Å². The summed E-state index contributed by atoms with van der Waals surface area (Å²) in [5, 5.41) is 4.93. The van der Waals surface area contributed by atoms with E-state index >= 15 is 9.13 Å². The van der Waals surface area contributed by atoms with E-state index in [0.29, 0.717) is 10.6 Å². The van der Waals surface area contributed by atoms with Gasteiger partial charge in [-0.15, -0.1) is 0 Å². The van der Waals surface area contributed by atoms with Gasteiger partial charge in [0.25, 0.3) is 0 Å². The molecule has 0 bridgehead atoms. The number of nitrogens with zero attached hydrogens (tertiary/aromatic N) is 3. The van der Waals surface area contributed by atoms with E-state index in [1.54, 1.807) is 0 Å². The zero-order valence-corrected chi connectivity index (χ0v) is 32.3. The van der Waals surface area contributed by atoms with Crippen LogP contribution in [0.4, 0.5) is 45.5 Å². The number of para-hydroxylation sites is 8. The van der Waals surface area contributed by atoms with Gasteiger partial charge in [-0.2, -0.15) is 0 Å². The van der Waals surface area contributed by atoms with E-state index in [-0.39, 0.29) is 0 Å². The van der Waals surface area contributed by atoms with Crippen LogP contribution < -0.4 is 29.9 Å². The lowest BCUT2D eigenvalue weighted by molar-refractivity contribution is 0.582. The van der Waals surface area contributed by atoms with Crippen molar-refractivity contribution in [1.29, 1.82) is 0 Å². The van der Waals surface area contributed by atoms with Gasteiger partial charge in [-0.3, -0.25) is 23.1 Å². The maximum atomic E-state index is 16.3. The minimum absolute atomic E-state index is 0.684. The molecule has 1 aliphatic rings. The maximum absolute atomic E-state index is 16.3. The maximum Gasteiger partial charge on any atom is 0.301 e. The Morgan fingerprint density at radius 2 is 0.982 bits per heavy atom. The second-order valence-corrected chi connectivity index (χ2v) is 17.5. The van der Waals surface area contributed by atoms with E-state index in [4.69, 9.17) is 0 Å². The van der Waals surface area contributed by atoms with Crippen LogP contribution >= 0.6 is 15.4 Å². The summed E-state index contributed by atoms with van der Waals surface area (Å²) in [5.41, 5.74) is 8.61. The quantitative estimate of drug-likeness (QED) is 0.140. The van der Waals surface area contributed by atoms with Crippen molar-refractivity contribution in [3.63, 3.8) is 0 Å². The second kappa shape index (κ2) is 15.3. The number of hydrogen-bond acceptors (Lipinski definition) is 3. The lowest BCUT2D eigenvalue weighted by Crippen LogP contribution is -2.26. The number of anilines is 8. The third-order valence-electron chi connectivity index (χ3n) is 9.92. The lowest BCUT2D eigenvalue weighted by Gasteiger charge is -2.33. The highest BCUT2D eigenvalue weighted by Gasteiger charge is 2.49. The molecule has 1 unspecified atom stereocenters. The van der Waals surface area contributed by atoms with E-state index in [2.05, 4.69) is 5.32 Å². The molecule has 1 aliphatic heterocycles. The zero-order chi connectivity index (χ0) is 37.9. The molecule has 8 aromatic rings. The van der Waals surface area contributed by atoms with Gasteiger partial charge in [-0.05, 0) is 108 Å². The van der Waals surface area contributed by atoms with Gasteiger partial charge >= 0.3 is 7.44 Å². The summed E-state index contributed by atoms with van der Waals surface area (Å²) in [7, 11) is -6.22. The highest BCUT2D eigenvalue weighted by atomic mass is 31.2. The largest absolute Gasteiger partial charge is 0.354 e. The Labute approximate surface area is 328 Å². The first-order valence-electron chi connectivity index (χ1n) is 18.5. The SMILES string of the molecule is O=[PH](c1cccc(-c2cccc(P3(=O)N(c4ccccc4)c4ccccc4N3c3ccccc3)c2)c1)N(c1ccccc1)c1ccccc1Nc1ccccc1. The second-order valence-electron chi connectivity index (χ2n) is 13.4. The summed E-state index contributed by atoms with van der Waals surface area (Å²) in [4.78, 5) is 0. The highest BCUT2D eigenvalue weighted by molar-refractivity contribution is 7.76. The van der Waals surface area contributed by atoms with Crippen molar-refractivity contribution in [2.75, 3.05) is 19.3 Å². The molecule has 9 rings (SSSR count). The van der Waals surface area contributed by atoms with Gasteiger partial charge in [0.15, 0.2) is 7.95 Å². The predicted molar refractivity (Wildman–Crippen MR) is 236 cm³/mol. The summed E-state index contributed by atoms with van der Waals surface area (Å²) >= 11 is 0. The van der Waals surface area contributed by atoms with E-state index in [0.717, 1.165) is 56.6 Å². The normalized spacial score (nSPS) is 13.5. The molecule has 0 amide bonds. The molecule has 272 valence electrons.